The monoisotopic (exact) mass is 263 g/mol. The maximum Gasteiger partial charge on any atom is 0.0561 e. The van der Waals surface area contributed by atoms with Gasteiger partial charge in [-0.15, -0.1) is 11.3 Å². The molecule has 0 radical (unpaired) electrons. The molecule has 0 amide bonds. The molecule has 17 heavy (non-hydrogen) atoms. The molecule has 1 aromatic carbocycles. The standard InChI is InChI=1S/C14H14ClNS/c15-12-5-6-17-14(12)13(16)11-7-9-3-1-2-4-10(9)8-11/h1-6,11,13H,7-8,16H2. The molecule has 0 aliphatic heterocycles. The van der Waals surface area contributed by atoms with Crippen LogP contribution < -0.4 is 5.73 Å². The average molecular weight is 264 g/mol. The lowest BCUT2D eigenvalue weighted by atomic mass is 9.96. The quantitative estimate of drug-likeness (QED) is 0.876. The van der Waals surface area contributed by atoms with E-state index < -0.39 is 0 Å². The fourth-order valence-electron chi connectivity index (χ4n) is 2.60. The molecular weight excluding hydrogens is 250 g/mol. The third-order valence-electron chi connectivity index (χ3n) is 3.54. The first kappa shape index (κ1) is 11.3. The van der Waals surface area contributed by atoms with E-state index in [4.69, 9.17) is 17.3 Å². The Hall–Kier alpha value is -0.830. The lowest BCUT2D eigenvalue weighted by molar-refractivity contribution is 0.459. The van der Waals surface area contributed by atoms with Crippen LogP contribution in [0.15, 0.2) is 35.7 Å². The van der Waals surface area contributed by atoms with Crippen molar-refractivity contribution >= 4 is 22.9 Å². The van der Waals surface area contributed by atoms with E-state index in [0.717, 1.165) is 22.7 Å². The van der Waals surface area contributed by atoms with Gasteiger partial charge in [-0.3, -0.25) is 0 Å². The summed E-state index contributed by atoms with van der Waals surface area (Å²) in [5.41, 5.74) is 9.24. The summed E-state index contributed by atoms with van der Waals surface area (Å²) in [6, 6.07) is 10.6. The summed E-state index contributed by atoms with van der Waals surface area (Å²) in [6.45, 7) is 0. The molecule has 88 valence electrons. The minimum Gasteiger partial charge on any atom is -0.323 e. The van der Waals surface area contributed by atoms with Crippen molar-refractivity contribution in [2.75, 3.05) is 0 Å². The third kappa shape index (κ3) is 2.01. The zero-order chi connectivity index (χ0) is 11.8. The van der Waals surface area contributed by atoms with E-state index >= 15 is 0 Å². The van der Waals surface area contributed by atoms with Crippen LogP contribution >= 0.6 is 22.9 Å². The van der Waals surface area contributed by atoms with Crippen LogP contribution in [0.2, 0.25) is 5.02 Å². The lowest BCUT2D eigenvalue weighted by Gasteiger charge is -2.17. The van der Waals surface area contributed by atoms with E-state index in [0.29, 0.717) is 5.92 Å². The minimum atomic E-state index is 0.0647. The van der Waals surface area contributed by atoms with Crippen LogP contribution in [0.3, 0.4) is 0 Å². The summed E-state index contributed by atoms with van der Waals surface area (Å²) in [5, 5.41) is 2.83. The molecule has 0 saturated heterocycles. The lowest BCUT2D eigenvalue weighted by Crippen LogP contribution is -2.21. The molecule has 0 saturated carbocycles. The Morgan fingerprint density at radius 1 is 1.18 bits per heavy atom. The van der Waals surface area contributed by atoms with Gasteiger partial charge in [-0.25, -0.2) is 0 Å². The van der Waals surface area contributed by atoms with Crippen molar-refractivity contribution in [2.24, 2.45) is 11.7 Å². The van der Waals surface area contributed by atoms with Crippen LogP contribution in [0, 0.1) is 5.92 Å². The Morgan fingerprint density at radius 2 is 1.82 bits per heavy atom. The fraction of sp³-hybridized carbons (Fsp3) is 0.286. The Morgan fingerprint density at radius 3 is 2.35 bits per heavy atom. The number of hydrogen-bond donors (Lipinski definition) is 1. The Balaban J connectivity index is 1.83. The number of hydrogen-bond acceptors (Lipinski definition) is 2. The van der Waals surface area contributed by atoms with Crippen molar-refractivity contribution in [1.29, 1.82) is 0 Å². The molecule has 1 aliphatic carbocycles. The van der Waals surface area contributed by atoms with Crippen LogP contribution in [0.25, 0.3) is 0 Å². The molecule has 2 N–H and O–H groups in total. The Bertz CT molecular complexity index is 510. The van der Waals surface area contributed by atoms with Crippen molar-refractivity contribution in [1.82, 2.24) is 0 Å². The van der Waals surface area contributed by atoms with Gasteiger partial charge in [0, 0.05) is 10.9 Å². The zero-order valence-corrected chi connectivity index (χ0v) is 11.0. The topological polar surface area (TPSA) is 26.0 Å². The zero-order valence-electron chi connectivity index (χ0n) is 9.40. The van der Waals surface area contributed by atoms with Crippen LogP contribution in [-0.4, -0.2) is 0 Å². The molecule has 2 aromatic rings. The molecular formula is C14H14ClNS. The first-order valence-corrected chi connectivity index (χ1v) is 7.06. The Labute approximate surface area is 110 Å². The normalized spacial score (nSPS) is 17.1. The second kappa shape index (κ2) is 4.45. The van der Waals surface area contributed by atoms with Gasteiger partial charge in [0.1, 0.15) is 0 Å². The Kier molecular flexibility index (Phi) is 2.95. The van der Waals surface area contributed by atoms with Gasteiger partial charge in [0.05, 0.1) is 5.02 Å². The number of halogens is 1. The van der Waals surface area contributed by atoms with Crippen LogP contribution in [0.1, 0.15) is 22.0 Å². The molecule has 0 spiro atoms. The average Bonchev–Trinajstić information content (AvgIpc) is 2.93. The summed E-state index contributed by atoms with van der Waals surface area (Å²) in [4.78, 5) is 1.13. The first-order valence-electron chi connectivity index (χ1n) is 5.81. The van der Waals surface area contributed by atoms with E-state index in [1.807, 2.05) is 11.4 Å². The second-order valence-corrected chi connectivity index (χ2v) is 5.95. The molecule has 1 nitrogen and oxygen atoms in total. The van der Waals surface area contributed by atoms with E-state index in [9.17, 15) is 0 Å². The van der Waals surface area contributed by atoms with Gasteiger partial charge in [-0.2, -0.15) is 0 Å². The summed E-state index contributed by atoms with van der Waals surface area (Å²) in [5.74, 6) is 0.489. The highest BCUT2D eigenvalue weighted by Gasteiger charge is 2.28. The van der Waals surface area contributed by atoms with E-state index in [2.05, 4.69) is 24.3 Å². The molecule has 1 aromatic heterocycles. The molecule has 0 fully saturated rings. The highest BCUT2D eigenvalue weighted by molar-refractivity contribution is 7.10. The molecule has 1 aliphatic rings. The van der Waals surface area contributed by atoms with Crippen LogP contribution in [0.4, 0.5) is 0 Å². The SMILES string of the molecule is NC(c1sccc1Cl)C1Cc2ccccc2C1. The molecule has 3 rings (SSSR count). The fourth-order valence-corrected chi connectivity index (χ4v) is 3.88. The van der Waals surface area contributed by atoms with Gasteiger partial charge in [-0.1, -0.05) is 35.9 Å². The maximum atomic E-state index is 6.35. The predicted molar refractivity (Wildman–Crippen MR) is 73.6 cm³/mol. The summed E-state index contributed by atoms with van der Waals surface area (Å²) in [6.07, 6.45) is 2.15. The van der Waals surface area contributed by atoms with Gasteiger partial charge >= 0.3 is 0 Å². The number of thiophene rings is 1. The van der Waals surface area contributed by atoms with Gasteiger partial charge < -0.3 is 5.73 Å². The summed E-state index contributed by atoms with van der Waals surface area (Å²) >= 11 is 7.82. The number of benzene rings is 1. The molecule has 1 atom stereocenters. The largest absolute Gasteiger partial charge is 0.323 e. The van der Waals surface area contributed by atoms with Crippen molar-refractivity contribution in [2.45, 2.75) is 18.9 Å². The van der Waals surface area contributed by atoms with Crippen molar-refractivity contribution in [3.63, 3.8) is 0 Å². The van der Waals surface area contributed by atoms with Crippen LogP contribution in [-0.2, 0) is 12.8 Å². The maximum absolute atomic E-state index is 6.35. The predicted octanol–water partition coefficient (Wildman–Crippen LogP) is 3.82. The minimum absolute atomic E-state index is 0.0647. The molecule has 0 bridgehead atoms. The molecule has 1 heterocycles. The first-order chi connectivity index (χ1) is 8.25. The highest BCUT2D eigenvalue weighted by atomic mass is 35.5. The number of nitrogens with two attached hydrogens (primary N) is 1. The van der Waals surface area contributed by atoms with E-state index in [1.54, 1.807) is 11.3 Å². The van der Waals surface area contributed by atoms with Gasteiger partial charge in [0.2, 0.25) is 0 Å². The van der Waals surface area contributed by atoms with Crippen molar-refractivity contribution < 1.29 is 0 Å². The van der Waals surface area contributed by atoms with E-state index in [-0.39, 0.29) is 6.04 Å². The molecule has 1 unspecified atom stereocenters. The third-order valence-corrected chi connectivity index (χ3v) is 5.00. The number of fused-ring (bicyclic) bond motifs is 1. The van der Waals surface area contributed by atoms with E-state index in [1.165, 1.54) is 11.1 Å². The number of rotatable bonds is 2. The second-order valence-electron chi connectivity index (χ2n) is 4.60. The van der Waals surface area contributed by atoms with Crippen LogP contribution in [0.5, 0.6) is 0 Å². The summed E-state index contributed by atoms with van der Waals surface area (Å²) in [7, 11) is 0. The van der Waals surface area contributed by atoms with Gasteiger partial charge in [0.15, 0.2) is 0 Å². The van der Waals surface area contributed by atoms with Crippen molar-refractivity contribution in [3.8, 4) is 0 Å². The van der Waals surface area contributed by atoms with Crippen molar-refractivity contribution in [3.05, 3.63) is 56.7 Å². The van der Waals surface area contributed by atoms with Gasteiger partial charge in [-0.05, 0) is 41.3 Å². The smallest absolute Gasteiger partial charge is 0.0561 e. The van der Waals surface area contributed by atoms with Gasteiger partial charge in [0.25, 0.3) is 0 Å². The highest BCUT2D eigenvalue weighted by Crippen LogP contribution is 2.38. The molecule has 3 heteroatoms. The summed E-state index contributed by atoms with van der Waals surface area (Å²) < 4.78 is 0.